The number of amides is 1. The molecule has 0 fully saturated rings. The molecule has 3 N–H and O–H groups in total. The number of rotatable bonds is 4. The Morgan fingerprint density at radius 1 is 1.50 bits per heavy atom. The number of hydrogen-bond donors (Lipinski definition) is 2. The van der Waals surface area contributed by atoms with Crippen LogP contribution in [0.4, 0.5) is 0 Å². The molecule has 0 aliphatic heterocycles. The third-order valence-corrected chi connectivity index (χ3v) is 3.57. The van der Waals surface area contributed by atoms with Gasteiger partial charge < -0.3 is 15.8 Å². The normalized spacial score (nSPS) is 11.3. The molecule has 0 aromatic carbocycles. The smallest absolute Gasteiger partial charge is 0.272 e. The standard InChI is InChI=1S/C13H14N4O2S/c1-17(8-10-3-2-6-20-10)13(18)11-5-4-9(7-15-11)12(14)16-19/h2-7,19H,8H2,1H3,(H2,14,16). The molecular weight excluding hydrogens is 276 g/mol. The van der Waals surface area contributed by atoms with E-state index >= 15 is 0 Å². The molecule has 6 nitrogen and oxygen atoms in total. The van der Waals surface area contributed by atoms with Gasteiger partial charge in [0.05, 0.1) is 6.54 Å². The third kappa shape index (κ3) is 3.12. The Kier molecular flexibility index (Phi) is 4.31. The lowest BCUT2D eigenvalue weighted by Crippen LogP contribution is -2.26. The molecule has 0 aliphatic rings. The number of pyridine rings is 1. The monoisotopic (exact) mass is 290 g/mol. The van der Waals surface area contributed by atoms with Crippen molar-refractivity contribution in [3.05, 3.63) is 52.0 Å². The molecule has 0 radical (unpaired) electrons. The van der Waals surface area contributed by atoms with Crippen LogP contribution in [0.3, 0.4) is 0 Å². The first-order chi connectivity index (χ1) is 9.61. The fourth-order valence-corrected chi connectivity index (χ4v) is 2.39. The van der Waals surface area contributed by atoms with Crippen LogP contribution in [0.5, 0.6) is 0 Å². The number of carbonyl (C=O) groups excluding carboxylic acids is 1. The Hall–Kier alpha value is -2.41. The summed E-state index contributed by atoms with van der Waals surface area (Å²) in [6.07, 6.45) is 1.40. The van der Waals surface area contributed by atoms with Gasteiger partial charge in [-0.2, -0.15) is 0 Å². The topological polar surface area (TPSA) is 91.8 Å². The fraction of sp³-hybridized carbons (Fsp3) is 0.154. The minimum Gasteiger partial charge on any atom is -0.409 e. The lowest BCUT2D eigenvalue weighted by atomic mass is 10.2. The maximum atomic E-state index is 12.2. The number of hydrogen-bond acceptors (Lipinski definition) is 5. The van der Waals surface area contributed by atoms with Crippen molar-refractivity contribution in [1.82, 2.24) is 9.88 Å². The largest absolute Gasteiger partial charge is 0.409 e. The second-order valence-corrected chi connectivity index (χ2v) is 5.19. The average molecular weight is 290 g/mol. The first kappa shape index (κ1) is 14.0. The van der Waals surface area contributed by atoms with E-state index in [1.807, 2.05) is 17.5 Å². The Labute approximate surface area is 120 Å². The van der Waals surface area contributed by atoms with Crippen LogP contribution in [-0.2, 0) is 6.54 Å². The summed E-state index contributed by atoms with van der Waals surface area (Å²) in [5.74, 6) is -0.215. The number of amidine groups is 1. The van der Waals surface area contributed by atoms with Gasteiger partial charge in [0.15, 0.2) is 5.84 Å². The molecule has 0 saturated carbocycles. The van der Waals surface area contributed by atoms with Gasteiger partial charge in [-0.3, -0.25) is 9.78 Å². The molecule has 0 saturated heterocycles. The van der Waals surface area contributed by atoms with E-state index in [2.05, 4.69) is 10.1 Å². The van der Waals surface area contributed by atoms with E-state index in [1.54, 1.807) is 35.4 Å². The zero-order valence-corrected chi connectivity index (χ0v) is 11.7. The summed E-state index contributed by atoms with van der Waals surface area (Å²) in [6.45, 7) is 0.542. The summed E-state index contributed by atoms with van der Waals surface area (Å²) in [5, 5.41) is 13.4. The number of nitrogens with zero attached hydrogens (tertiary/aromatic N) is 3. The van der Waals surface area contributed by atoms with E-state index in [0.717, 1.165) is 4.88 Å². The van der Waals surface area contributed by atoms with Crippen molar-refractivity contribution in [2.75, 3.05) is 7.05 Å². The summed E-state index contributed by atoms with van der Waals surface area (Å²) < 4.78 is 0. The fourth-order valence-electron chi connectivity index (χ4n) is 1.63. The van der Waals surface area contributed by atoms with Crippen LogP contribution in [0, 0.1) is 0 Å². The summed E-state index contributed by atoms with van der Waals surface area (Å²) in [6, 6.07) is 7.07. The predicted octanol–water partition coefficient (Wildman–Crippen LogP) is 1.51. The van der Waals surface area contributed by atoms with Crippen LogP contribution in [0.25, 0.3) is 0 Å². The summed E-state index contributed by atoms with van der Waals surface area (Å²) in [4.78, 5) is 18.9. The molecule has 2 aromatic heterocycles. The number of aromatic nitrogens is 1. The van der Waals surface area contributed by atoms with Gasteiger partial charge in [-0.15, -0.1) is 11.3 Å². The molecule has 0 spiro atoms. The highest BCUT2D eigenvalue weighted by atomic mass is 32.1. The van der Waals surface area contributed by atoms with Gasteiger partial charge in [0, 0.05) is 23.7 Å². The zero-order chi connectivity index (χ0) is 14.5. The lowest BCUT2D eigenvalue weighted by molar-refractivity contribution is 0.0780. The average Bonchev–Trinajstić information content (AvgIpc) is 2.98. The van der Waals surface area contributed by atoms with Crippen molar-refractivity contribution < 1.29 is 10.0 Å². The van der Waals surface area contributed by atoms with Crippen molar-refractivity contribution in [1.29, 1.82) is 0 Å². The van der Waals surface area contributed by atoms with Crippen LogP contribution in [0.15, 0.2) is 41.0 Å². The van der Waals surface area contributed by atoms with Crippen LogP contribution in [0.1, 0.15) is 20.9 Å². The SMILES string of the molecule is CN(Cc1cccs1)C(=O)c1ccc(C(N)=NO)cn1. The molecule has 2 aromatic rings. The number of carbonyl (C=O) groups is 1. The number of oxime groups is 1. The zero-order valence-electron chi connectivity index (χ0n) is 10.9. The van der Waals surface area contributed by atoms with Gasteiger partial charge >= 0.3 is 0 Å². The van der Waals surface area contributed by atoms with E-state index in [9.17, 15) is 4.79 Å². The second-order valence-electron chi connectivity index (χ2n) is 4.16. The van der Waals surface area contributed by atoms with Crippen molar-refractivity contribution in [3.8, 4) is 0 Å². The molecule has 0 aliphatic carbocycles. The van der Waals surface area contributed by atoms with Crippen molar-refractivity contribution in [2.45, 2.75) is 6.54 Å². The maximum absolute atomic E-state index is 12.2. The highest BCUT2D eigenvalue weighted by Gasteiger charge is 2.14. The van der Waals surface area contributed by atoms with Crippen molar-refractivity contribution in [3.63, 3.8) is 0 Å². The summed E-state index contributed by atoms with van der Waals surface area (Å²) in [7, 11) is 1.72. The Morgan fingerprint density at radius 2 is 2.30 bits per heavy atom. The van der Waals surface area contributed by atoms with Crippen molar-refractivity contribution in [2.24, 2.45) is 10.9 Å². The first-order valence-corrected chi connectivity index (χ1v) is 6.71. The minimum absolute atomic E-state index is 0.0385. The van der Waals surface area contributed by atoms with E-state index in [1.165, 1.54) is 6.20 Å². The van der Waals surface area contributed by atoms with E-state index in [4.69, 9.17) is 10.9 Å². The van der Waals surface area contributed by atoms with Crippen LogP contribution >= 0.6 is 11.3 Å². The van der Waals surface area contributed by atoms with E-state index in [0.29, 0.717) is 17.8 Å². The summed E-state index contributed by atoms with van der Waals surface area (Å²) >= 11 is 1.60. The van der Waals surface area contributed by atoms with Crippen LogP contribution in [0.2, 0.25) is 0 Å². The molecule has 2 rings (SSSR count). The minimum atomic E-state index is -0.176. The van der Waals surface area contributed by atoms with Gasteiger partial charge in [0.25, 0.3) is 5.91 Å². The van der Waals surface area contributed by atoms with E-state index < -0.39 is 0 Å². The molecular formula is C13H14N4O2S. The van der Waals surface area contributed by atoms with Gasteiger partial charge in [-0.1, -0.05) is 11.2 Å². The van der Waals surface area contributed by atoms with Gasteiger partial charge in [0.2, 0.25) is 0 Å². The van der Waals surface area contributed by atoms with Crippen molar-refractivity contribution >= 4 is 23.1 Å². The molecule has 20 heavy (non-hydrogen) atoms. The molecule has 0 bridgehead atoms. The quantitative estimate of drug-likeness (QED) is 0.386. The maximum Gasteiger partial charge on any atom is 0.272 e. The Balaban J connectivity index is 2.09. The Morgan fingerprint density at radius 3 is 2.85 bits per heavy atom. The highest BCUT2D eigenvalue weighted by molar-refractivity contribution is 7.09. The molecule has 104 valence electrons. The molecule has 1 amide bonds. The molecule has 7 heteroatoms. The highest BCUT2D eigenvalue weighted by Crippen LogP contribution is 2.12. The Bertz CT molecular complexity index is 608. The van der Waals surface area contributed by atoms with Gasteiger partial charge in [-0.05, 0) is 23.6 Å². The molecule has 0 unspecified atom stereocenters. The molecule has 2 heterocycles. The van der Waals surface area contributed by atoms with Gasteiger partial charge in [0.1, 0.15) is 5.69 Å². The van der Waals surface area contributed by atoms with E-state index in [-0.39, 0.29) is 11.7 Å². The van der Waals surface area contributed by atoms with Gasteiger partial charge in [-0.25, -0.2) is 0 Å². The first-order valence-electron chi connectivity index (χ1n) is 5.83. The summed E-state index contributed by atoms with van der Waals surface area (Å²) in [5.41, 5.74) is 6.22. The number of nitrogens with two attached hydrogens (primary N) is 1. The second kappa shape index (κ2) is 6.16. The van der Waals surface area contributed by atoms with Crippen LogP contribution in [-0.4, -0.2) is 33.9 Å². The van der Waals surface area contributed by atoms with Crippen LogP contribution < -0.4 is 5.73 Å². The lowest BCUT2D eigenvalue weighted by Gasteiger charge is -2.15. The molecule has 0 atom stereocenters. The third-order valence-electron chi connectivity index (χ3n) is 2.71. The number of thiophene rings is 1. The predicted molar refractivity (Wildman–Crippen MR) is 76.9 cm³/mol.